The van der Waals surface area contributed by atoms with Crippen LogP contribution in [0.15, 0.2) is 30.3 Å². The molecule has 1 aromatic carbocycles. The zero-order valence-corrected chi connectivity index (χ0v) is 10.7. The second kappa shape index (κ2) is 5.50. The Hall–Kier alpha value is -1.39. The van der Waals surface area contributed by atoms with E-state index in [1.165, 1.54) is 0 Å². The molecule has 1 aromatic rings. The van der Waals surface area contributed by atoms with Gasteiger partial charge in [-0.15, -0.1) is 0 Å². The van der Waals surface area contributed by atoms with Crippen LogP contribution in [0.1, 0.15) is 19.4 Å². The van der Waals surface area contributed by atoms with E-state index in [-0.39, 0.29) is 12.6 Å². The Bertz CT molecular complexity index is 404. The molecule has 1 aliphatic heterocycles. The molecule has 0 N–H and O–H groups in total. The topological polar surface area (TPSA) is 48.1 Å². The molecule has 4 heteroatoms. The normalized spacial score (nSPS) is 25.8. The third-order valence-electron chi connectivity index (χ3n) is 3.04. The Morgan fingerprint density at radius 1 is 1.33 bits per heavy atom. The summed E-state index contributed by atoms with van der Waals surface area (Å²) in [6, 6.07) is 9.70. The number of epoxide rings is 1. The molecule has 1 aliphatic rings. The number of carbonyl (C=O) groups excluding carboxylic acids is 1. The molecule has 0 spiro atoms. The van der Waals surface area contributed by atoms with Crippen LogP contribution >= 0.6 is 0 Å². The molecule has 4 nitrogen and oxygen atoms in total. The number of rotatable bonds is 6. The van der Waals surface area contributed by atoms with Gasteiger partial charge >= 0.3 is 5.97 Å². The van der Waals surface area contributed by atoms with Gasteiger partial charge in [-0.25, -0.2) is 4.79 Å². The first-order valence-corrected chi connectivity index (χ1v) is 6.16. The second-order valence-corrected chi connectivity index (χ2v) is 4.34. The summed E-state index contributed by atoms with van der Waals surface area (Å²) < 4.78 is 15.7. The molecule has 0 saturated carbocycles. The molecule has 0 bridgehead atoms. The van der Waals surface area contributed by atoms with Crippen LogP contribution in [0.4, 0.5) is 0 Å². The Balaban J connectivity index is 1.84. The van der Waals surface area contributed by atoms with Crippen LogP contribution in [0, 0.1) is 0 Å². The van der Waals surface area contributed by atoms with Crippen LogP contribution in [0.25, 0.3) is 0 Å². The van der Waals surface area contributed by atoms with Crippen LogP contribution in [-0.2, 0) is 24.6 Å². The van der Waals surface area contributed by atoms with Crippen LogP contribution in [0.3, 0.4) is 0 Å². The lowest BCUT2D eigenvalue weighted by molar-refractivity contribution is -0.146. The number of hydrogen-bond acceptors (Lipinski definition) is 4. The van der Waals surface area contributed by atoms with Crippen molar-refractivity contribution in [1.29, 1.82) is 0 Å². The highest BCUT2D eigenvalue weighted by molar-refractivity contribution is 5.79. The van der Waals surface area contributed by atoms with E-state index in [4.69, 9.17) is 14.2 Å². The largest absolute Gasteiger partial charge is 0.461 e. The molecule has 0 unspecified atom stereocenters. The van der Waals surface area contributed by atoms with Gasteiger partial charge in [-0.3, -0.25) is 0 Å². The first-order chi connectivity index (χ1) is 8.68. The van der Waals surface area contributed by atoms with Crippen molar-refractivity contribution >= 4 is 5.97 Å². The number of benzene rings is 1. The molecule has 1 fully saturated rings. The molecule has 18 heavy (non-hydrogen) atoms. The summed E-state index contributed by atoms with van der Waals surface area (Å²) >= 11 is 0. The van der Waals surface area contributed by atoms with E-state index in [0.29, 0.717) is 13.2 Å². The summed E-state index contributed by atoms with van der Waals surface area (Å²) in [6.45, 7) is 5.13. The van der Waals surface area contributed by atoms with Crippen molar-refractivity contribution in [2.24, 2.45) is 0 Å². The van der Waals surface area contributed by atoms with Gasteiger partial charge in [0.1, 0.15) is 12.2 Å². The zero-order valence-electron chi connectivity index (χ0n) is 10.7. The van der Waals surface area contributed by atoms with Crippen LogP contribution in [0.2, 0.25) is 0 Å². The minimum absolute atomic E-state index is 0.275. The van der Waals surface area contributed by atoms with Crippen LogP contribution in [0.5, 0.6) is 0 Å². The Morgan fingerprint density at radius 3 is 2.72 bits per heavy atom. The Labute approximate surface area is 107 Å². The first kappa shape index (κ1) is 13.1. The quantitative estimate of drug-likeness (QED) is 0.439. The first-order valence-electron chi connectivity index (χ1n) is 6.16. The van der Waals surface area contributed by atoms with Gasteiger partial charge in [0.05, 0.1) is 6.61 Å². The average molecular weight is 250 g/mol. The highest BCUT2D eigenvalue weighted by atomic mass is 16.7. The second-order valence-electron chi connectivity index (χ2n) is 4.34. The minimum Gasteiger partial charge on any atom is -0.461 e. The van der Waals surface area contributed by atoms with Crippen molar-refractivity contribution in [1.82, 2.24) is 0 Å². The number of ether oxygens (including phenoxy) is 3. The molecule has 1 heterocycles. The summed E-state index contributed by atoms with van der Waals surface area (Å²) in [7, 11) is 0. The maximum absolute atomic E-state index is 11.8. The number of esters is 1. The Morgan fingerprint density at radius 2 is 2.06 bits per heavy atom. The summed E-state index contributed by atoms with van der Waals surface area (Å²) in [6.07, 6.45) is -0.499. The maximum atomic E-state index is 11.8. The van der Waals surface area contributed by atoms with Gasteiger partial charge in [-0.05, 0) is 19.4 Å². The summed E-state index contributed by atoms with van der Waals surface area (Å²) in [5, 5.41) is 0. The molecule has 0 amide bonds. The van der Waals surface area contributed by atoms with E-state index in [1.807, 2.05) is 44.2 Å². The zero-order chi connectivity index (χ0) is 13.0. The van der Waals surface area contributed by atoms with Gasteiger partial charge in [-0.1, -0.05) is 30.3 Å². The van der Waals surface area contributed by atoms with E-state index in [9.17, 15) is 4.79 Å². The van der Waals surface area contributed by atoms with Crippen LogP contribution in [-0.4, -0.2) is 31.9 Å². The van der Waals surface area contributed by atoms with Crippen molar-refractivity contribution in [2.75, 3.05) is 19.8 Å². The van der Waals surface area contributed by atoms with Crippen molar-refractivity contribution < 1.29 is 19.0 Å². The molecule has 0 aliphatic carbocycles. The van der Waals surface area contributed by atoms with E-state index >= 15 is 0 Å². The van der Waals surface area contributed by atoms with Gasteiger partial charge in [0.2, 0.25) is 0 Å². The van der Waals surface area contributed by atoms with Crippen molar-refractivity contribution in [2.45, 2.75) is 25.6 Å². The molecular formula is C14H18O4. The van der Waals surface area contributed by atoms with Crippen molar-refractivity contribution in [3.05, 3.63) is 35.9 Å². The van der Waals surface area contributed by atoms with Gasteiger partial charge in [0, 0.05) is 6.61 Å². The predicted molar refractivity (Wildman–Crippen MR) is 66.1 cm³/mol. The Kier molecular flexibility index (Phi) is 3.99. The van der Waals surface area contributed by atoms with Gasteiger partial charge in [0.15, 0.2) is 6.10 Å². The van der Waals surface area contributed by atoms with Crippen molar-refractivity contribution in [3.8, 4) is 0 Å². The molecule has 98 valence electrons. The highest BCUT2D eigenvalue weighted by Gasteiger charge is 2.59. The minimum atomic E-state index is -0.538. The third-order valence-corrected chi connectivity index (χ3v) is 3.04. The van der Waals surface area contributed by atoms with E-state index in [2.05, 4.69) is 0 Å². The van der Waals surface area contributed by atoms with E-state index in [0.717, 1.165) is 5.56 Å². The lowest BCUT2D eigenvalue weighted by Gasteiger charge is -2.07. The van der Waals surface area contributed by atoms with Gasteiger partial charge in [-0.2, -0.15) is 0 Å². The third kappa shape index (κ3) is 2.71. The van der Waals surface area contributed by atoms with Crippen LogP contribution < -0.4 is 0 Å². The maximum Gasteiger partial charge on any atom is 0.338 e. The fourth-order valence-corrected chi connectivity index (χ4v) is 1.89. The summed E-state index contributed by atoms with van der Waals surface area (Å²) in [5.41, 5.74) is 0.459. The SMILES string of the molecule is CCOCCOC(=O)[C@H]1O[C@]1(C)c1ccccc1. The van der Waals surface area contributed by atoms with Gasteiger partial charge < -0.3 is 14.2 Å². The molecule has 0 aromatic heterocycles. The summed E-state index contributed by atoms with van der Waals surface area (Å²) in [5.74, 6) is -0.318. The van der Waals surface area contributed by atoms with E-state index in [1.54, 1.807) is 0 Å². The fourth-order valence-electron chi connectivity index (χ4n) is 1.89. The molecule has 1 saturated heterocycles. The molecule has 2 atom stereocenters. The number of hydrogen-bond donors (Lipinski definition) is 0. The molecular weight excluding hydrogens is 232 g/mol. The summed E-state index contributed by atoms with van der Waals surface area (Å²) in [4.78, 5) is 11.8. The highest BCUT2D eigenvalue weighted by Crippen LogP contribution is 2.46. The number of carbonyl (C=O) groups is 1. The van der Waals surface area contributed by atoms with Crippen molar-refractivity contribution in [3.63, 3.8) is 0 Å². The monoisotopic (exact) mass is 250 g/mol. The lowest BCUT2D eigenvalue weighted by Crippen LogP contribution is -2.20. The van der Waals surface area contributed by atoms with Gasteiger partial charge in [0.25, 0.3) is 0 Å². The fraction of sp³-hybridized carbons (Fsp3) is 0.500. The molecule has 2 rings (SSSR count). The smallest absolute Gasteiger partial charge is 0.338 e. The standard InChI is InChI=1S/C14H18O4/c1-3-16-9-10-17-13(15)12-14(2,18-12)11-7-5-4-6-8-11/h4-8,12H,3,9-10H2,1-2H3/t12-,14-/m1/s1. The predicted octanol–water partition coefficient (Wildman–Crippen LogP) is 1.88. The van der Waals surface area contributed by atoms with E-state index < -0.39 is 11.7 Å². The lowest BCUT2D eigenvalue weighted by atomic mass is 9.97. The average Bonchev–Trinajstić information content (AvgIpc) is 3.10. The molecule has 0 radical (unpaired) electrons.